The summed E-state index contributed by atoms with van der Waals surface area (Å²) in [6, 6.07) is 11.4. The number of fused-ring (bicyclic) bond motifs is 2. The molecule has 4 rings (SSSR count). The van der Waals surface area contributed by atoms with E-state index < -0.39 is 6.04 Å². The number of hydrogen-bond donors (Lipinski definition) is 0. The second-order valence-electron chi connectivity index (χ2n) is 5.66. The smallest absolute Gasteiger partial charge is 0.290 e. The summed E-state index contributed by atoms with van der Waals surface area (Å²) < 4.78 is 5.72. The van der Waals surface area contributed by atoms with E-state index in [1.807, 2.05) is 0 Å². The SMILES string of the molecule is CN1C(=O)c2oc3ccccc3c(=O)c2C1c1ccc(Cl)c(Cl)c1. The normalized spacial score (nSPS) is 16.7. The average molecular weight is 360 g/mol. The highest BCUT2D eigenvalue weighted by Gasteiger charge is 2.40. The molecule has 0 radical (unpaired) electrons. The topological polar surface area (TPSA) is 50.5 Å². The van der Waals surface area contributed by atoms with E-state index in [4.69, 9.17) is 27.6 Å². The molecular weight excluding hydrogens is 349 g/mol. The summed E-state index contributed by atoms with van der Waals surface area (Å²) in [5, 5.41) is 1.23. The van der Waals surface area contributed by atoms with Crippen LogP contribution in [0.15, 0.2) is 51.7 Å². The highest BCUT2D eigenvalue weighted by molar-refractivity contribution is 6.42. The van der Waals surface area contributed by atoms with Crippen LogP contribution in [0.1, 0.15) is 27.7 Å². The van der Waals surface area contributed by atoms with Crippen molar-refractivity contribution in [2.45, 2.75) is 6.04 Å². The van der Waals surface area contributed by atoms with Gasteiger partial charge >= 0.3 is 0 Å². The van der Waals surface area contributed by atoms with E-state index in [0.29, 0.717) is 32.1 Å². The van der Waals surface area contributed by atoms with E-state index in [-0.39, 0.29) is 17.1 Å². The Morgan fingerprint density at radius 2 is 1.79 bits per heavy atom. The van der Waals surface area contributed by atoms with Gasteiger partial charge in [-0.25, -0.2) is 0 Å². The van der Waals surface area contributed by atoms with E-state index in [1.54, 1.807) is 49.5 Å². The summed E-state index contributed by atoms with van der Waals surface area (Å²) in [6.45, 7) is 0. The van der Waals surface area contributed by atoms with Gasteiger partial charge in [0.25, 0.3) is 5.91 Å². The van der Waals surface area contributed by atoms with Gasteiger partial charge in [-0.2, -0.15) is 0 Å². The lowest BCUT2D eigenvalue weighted by atomic mass is 9.99. The number of hydrogen-bond acceptors (Lipinski definition) is 3. The van der Waals surface area contributed by atoms with Crippen LogP contribution in [0, 0.1) is 0 Å². The van der Waals surface area contributed by atoms with Crippen LogP contribution in [0.2, 0.25) is 10.0 Å². The van der Waals surface area contributed by atoms with Crippen molar-refractivity contribution in [1.29, 1.82) is 0 Å². The monoisotopic (exact) mass is 359 g/mol. The Labute approximate surface area is 147 Å². The molecule has 0 N–H and O–H groups in total. The maximum Gasteiger partial charge on any atom is 0.290 e. The number of rotatable bonds is 1. The van der Waals surface area contributed by atoms with Gasteiger partial charge < -0.3 is 9.32 Å². The number of nitrogens with zero attached hydrogens (tertiary/aromatic N) is 1. The van der Waals surface area contributed by atoms with Crippen molar-refractivity contribution < 1.29 is 9.21 Å². The molecule has 0 bridgehead atoms. The lowest BCUT2D eigenvalue weighted by Gasteiger charge is -2.20. The maximum absolute atomic E-state index is 12.9. The molecule has 0 fully saturated rings. The van der Waals surface area contributed by atoms with Gasteiger partial charge in [-0.15, -0.1) is 0 Å². The number of para-hydroxylation sites is 1. The van der Waals surface area contributed by atoms with E-state index in [2.05, 4.69) is 0 Å². The summed E-state index contributed by atoms with van der Waals surface area (Å²) in [5.74, 6) is -0.249. The van der Waals surface area contributed by atoms with Crippen LogP contribution in [0.4, 0.5) is 0 Å². The zero-order valence-corrected chi connectivity index (χ0v) is 14.1. The van der Waals surface area contributed by atoms with E-state index in [0.717, 1.165) is 0 Å². The van der Waals surface area contributed by atoms with Crippen LogP contribution in [0.25, 0.3) is 11.0 Å². The fourth-order valence-electron chi connectivity index (χ4n) is 3.11. The zero-order valence-electron chi connectivity index (χ0n) is 12.5. The van der Waals surface area contributed by atoms with Crippen LogP contribution in [0.5, 0.6) is 0 Å². The molecule has 0 aliphatic carbocycles. The number of carbonyl (C=O) groups is 1. The van der Waals surface area contributed by atoms with Crippen molar-refractivity contribution in [3.05, 3.63) is 79.6 Å². The van der Waals surface area contributed by atoms with Gasteiger partial charge in [-0.05, 0) is 29.8 Å². The van der Waals surface area contributed by atoms with Gasteiger partial charge in [0.15, 0.2) is 5.43 Å². The molecule has 1 aliphatic heterocycles. The molecule has 2 heterocycles. The molecule has 24 heavy (non-hydrogen) atoms. The summed E-state index contributed by atoms with van der Waals surface area (Å²) in [6.07, 6.45) is 0. The zero-order chi connectivity index (χ0) is 17.0. The second kappa shape index (κ2) is 5.36. The van der Waals surface area contributed by atoms with Crippen LogP contribution >= 0.6 is 23.2 Å². The third-order valence-corrected chi connectivity index (χ3v) is 5.01. The van der Waals surface area contributed by atoms with Crippen LogP contribution < -0.4 is 5.43 Å². The van der Waals surface area contributed by atoms with Crippen LogP contribution in [-0.2, 0) is 0 Å². The minimum absolute atomic E-state index is 0.0808. The van der Waals surface area contributed by atoms with E-state index in [9.17, 15) is 9.59 Å². The Morgan fingerprint density at radius 3 is 2.54 bits per heavy atom. The molecule has 1 atom stereocenters. The first-order valence-electron chi connectivity index (χ1n) is 7.27. The van der Waals surface area contributed by atoms with Crippen molar-refractivity contribution >= 4 is 40.1 Å². The molecule has 6 heteroatoms. The van der Waals surface area contributed by atoms with Crippen molar-refractivity contribution in [3.8, 4) is 0 Å². The summed E-state index contributed by atoms with van der Waals surface area (Å²) >= 11 is 12.1. The van der Waals surface area contributed by atoms with E-state index >= 15 is 0 Å². The molecule has 2 aromatic carbocycles. The summed E-state index contributed by atoms with van der Waals surface area (Å²) in [4.78, 5) is 27.0. The first-order valence-corrected chi connectivity index (χ1v) is 8.02. The number of benzene rings is 2. The standard InChI is InChI=1S/C18H11Cl2NO3/c1-21-15(9-6-7-11(19)12(20)8-9)14-16(22)10-4-2-3-5-13(10)24-17(14)18(21)23/h2-8,15H,1H3. The highest BCUT2D eigenvalue weighted by atomic mass is 35.5. The Bertz CT molecular complexity index is 1060. The van der Waals surface area contributed by atoms with Gasteiger partial charge in [-0.3, -0.25) is 9.59 Å². The fraction of sp³-hybridized carbons (Fsp3) is 0.111. The molecule has 4 nitrogen and oxygen atoms in total. The van der Waals surface area contributed by atoms with Crippen molar-refractivity contribution in [2.75, 3.05) is 7.05 Å². The predicted octanol–water partition coefficient (Wildman–Crippen LogP) is 4.27. The molecule has 1 unspecified atom stereocenters. The number of halogens is 2. The van der Waals surface area contributed by atoms with E-state index in [1.165, 1.54) is 4.90 Å². The summed E-state index contributed by atoms with van der Waals surface area (Å²) in [7, 11) is 1.63. The van der Waals surface area contributed by atoms with Crippen molar-refractivity contribution in [3.63, 3.8) is 0 Å². The van der Waals surface area contributed by atoms with Gasteiger partial charge in [0, 0.05) is 7.05 Å². The third-order valence-electron chi connectivity index (χ3n) is 4.27. The second-order valence-corrected chi connectivity index (χ2v) is 6.48. The molecule has 1 aromatic heterocycles. The average Bonchev–Trinajstić information content (AvgIpc) is 2.83. The van der Waals surface area contributed by atoms with Crippen LogP contribution in [-0.4, -0.2) is 17.9 Å². The van der Waals surface area contributed by atoms with Gasteiger partial charge in [-0.1, -0.05) is 41.4 Å². The Hall–Kier alpha value is -2.30. The quantitative estimate of drug-likeness (QED) is 0.651. The Balaban J connectivity index is 2.03. The minimum Gasteiger partial charge on any atom is -0.450 e. The predicted molar refractivity (Wildman–Crippen MR) is 92.9 cm³/mol. The van der Waals surface area contributed by atoms with Gasteiger partial charge in [0.05, 0.1) is 27.0 Å². The van der Waals surface area contributed by atoms with Crippen LogP contribution in [0.3, 0.4) is 0 Å². The molecule has 3 aromatic rings. The van der Waals surface area contributed by atoms with Gasteiger partial charge in [0.1, 0.15) is 5.58 Å². The van der Waals surface area contributed by atoms with Gasteiger partial charge in [0.2, 0.25) is 5.76 Å². The molecule has 0 saturated heterocycles. The largest absolute Gasteiger partial charge is 0.450 e. The lowest BCUT2D eigenvalue weighted by molar-refractivity contribution is 0.0771. The molecule has 0 spiro atoms. The number of amides is 1. The van der Waals surface area contributed by atoms with Crippen molar-refractivity contribution in [2.24, 2.45) is 0 Å². The molecule has 1 aliphatic rings. The minimum atomic E-state index is -0.553. The van der Waals surface area contributed by atoms with Crippen molar-refractivity contribution in [1.82, 2.24) is 4.90 Å². The fourth-order valence-corrected chi connectivity index (χ4v) is 3.41. The lowest BCUT2D eigenvalue weighted by Crippen LogP contribution is -2.25. The Morgan fingerprint density at radius 1 is 1.04 bits per heavy atom. The first-order chi connectivity index (χ1) is 11.5. The molecular formula is C18H11Cl2NO3. The Kier molecular flexibility index (Phi) is 3.41. The molecule has 1 amide bonds. The first kappa shape index (κ1) is 15.2. The molecule has 120 valence electrons. The maximum atomic E-state index is 12.9. The summed E-state index contributed by atoms with van der Waals surface area (Å²) in [5.41, 5.74) is 1.24. The highest BCUT2D eigenvalue weighted by Crippen LogP contribution is 2.38. The number of carbonyl (C=O) groups excluding carboxylic acids is 1. The molecule has 0 saturated carbocycles. The third kappa shape index (κ3) is 2.07.